The Labute approximate surface area is 113 Å². The standard InChI is InChI=1S/C16H30O2/c1-4-6-11-16(12-7-5-2)13-9-8-10-14-18-15(3)17/h11H,4-10,12-14H2,1-3H3/b16-11+. The molecular formula is C16H30O2. The molecule has 0 unspecified atom stereocenters. The number of unbranched alkanes of at least 4 members (excludes halogenated alkanes) is 4. The zero-order chi connectivity index (χ0) is 13.6. The van der Waals surface area contributed by atoms with Gasteiger partial charge in [-0.3, -0.25) is 4.79 Å². The lowest BCUT2D eigenvalue weighted by Gasteiger charge is -2.07. The second-order valence-corrected chi connectivity index (χ2v) is 4.91. The van der Waals surface area contributed by atoms with Crippen LogP contribution < -0.4 is 0 Å². The first kappa shape index (κ1) is 17.2. The van der Waals surface area contributed by atoms with Crippen LogP contribution in [0.25, 0.3) is 0 Å². The summed E-state index contributed by atoms with van der Waals surface area (Å²) in [4.78, 5) is 10.6. The average Bonchev–Trinajstić information content (AvgIpc) is 2.35. The summed E-state index contributed by atoms with van der Waals surface area (Å²) in [5.41, 5.74) is 1.63. The number of allylic oxidation sites excluding steroid dienone is 2. The van der Waals surface area contributed by atoms with Crippen molar-refractivity contribution in [2.45, 2.75) is 78.6 Å². The van der Waals surface area contributed by atoms with E-state index in [-0.39, 0.29) is 5.97 Å². The molecule has 0 aromatic carbocycles. The fraction of sp³-hybridized carbons (Fsp3) is 0.812. The molecule has 0 amide bonds. The molecule has 0 atom stereocenters. The van der Waals surface area contributed by atoms with Crippen molar-refractivity contribution in [2.24, 2.45) is 0 Å². The third kappa shape index (κ3) is 11.7. The molecule has 0 aromatic rings. The lowest BCUT2D eigenvalue weighted by molar-refractivity contribution is -0.141. The molecule has 0 spiro atoms. The van der Waals surface area contributed by atoms with Crippen LogP contribution in [0.3, 0.4) is 0 Å². The Morgan fingerprint density at radius 1 is 1.00 bits per heavy atom. The van der Waals surface area contributed by atoms with Gasteiger partial charge in [0.2, 0.25) is 0 Å². The highest BCUT2D eigenvalue weighted by Crippen LogP contribution is 2.17. The molecule has 0 N–H and O–H groups in total. The summed E-state index contributed by atoms with van der Waals surface area (Å²) < 4.78 is 4.93. The molecule has 0 aliphatic heterocycles. The molecule has 106 valence electrons. The molecule has 0 rings (SSSR count). The van der Waals surface area contributed by atoms with Crippen molar-refractivity contribution in [3.63, 3.8) is 0 Å². The van der Waals surface area contributed by atoms with Gasteiger partial charge in [0, 0.05) is 6.92 Å². The highest BCUT2D eigenvalue weighted by molar-refractivity contribution is 5.65. The summed E-state index contributed by atoms with van der Waals surface area (Å²) in [7, 11) is 0. The maximum absolute atomic E-state index is 10.6. The molecule has 0 fully saturated rings. The zero-order valence-corrected chi connectivity index (χ0v) is 12.5. The minimum Gasteiger partial charge on any atom is -0.466 e. The topological polar surface area (TPSA) is 26.3 Å². The third-order valence-corrected chi connectivity index (χ3v) is 3.02. The summed E-state index contributed by atoms with van der Waals surface area (Å²) in [6.07, 6.45) is 13.3. The van der Waals surface area contributed by atoms with Gasteiger partial charge in [0.1, 0.15) is 0 Å². The molecule has 18 heavy (non-hydrogen) atoms. The summed E-state index contributed by atoms with van der Waals surface area (Å²) in [6, 6.07) is 0. The zero-order valence-electron chi connectivity index (χ0n) is 12.5. The molecule has 0 aliphatic carbocycles. The van der Waals surface area contributed by atoms with E-state index < -0.39 is 0 Å². The number of carbonyl (C=O) groups is 1. The van der Waals surface area contributed by atoms with Crippen LogP contribution >= 0.6 is 0 Å². The van der Waals surface area contributed by atoms with Crippen molar-refractivity contribution < 1.29 is 9.53 Å². The van der Waals surface area contributed by atoms with E-state index in [2.05, 4.69) is 19.9 Å². The van der Waals surface area contributed by atoms with E-state index in [1.54, 1.807) is 5.57 Å². The van der Waals surface area contributed by atoms with Gasteiger partial charge in [0.25, 0.3) is 0 Å². The highest BCUT2D eigenvalue weighted by atomic mass is 16.5. The molecule has 0 radical (unpaired) electrons. The number of ether oxygens (including phenoxy) is 1. The lowest BCUT2D eigenvalue weighted by Crippen LogP contribution is -2.00. The molecule has 0 heterocycles. The summed E-state index contributed by atoms with van der Waals surface area (Å²) in [5.74, 6) is -0.165. The first-order valence-electron chi connectivity index (χ1n) is 7.52. The van der Waals surface area contributed by atoms with Gasteiger partial charge < -0.3 is 4.74 Å². The SMILES string of the molecule is CCC/C=C(\CCCC)CCCCCOC(C)=O. The average molecular weight is 254 g/mol. The van der Waals surface area contributed by atoms with Crippen molar-refractivity contribution >= 4 is 5.97 Å². The van der Waals surface area contributed by atoms with Crippen LogP contribution in [0.2, 0.25) is 0 Å². The van der Waals surface area contributed by atoms with Gasteiger partial charge in [-0.2, -0.15) is 0 Å². The Balaban J connectivity index is 3.65. The lowest BCUT2D eigenvalue weighted by atomic mass is 10.0. The Morgan fingerprint density at radius 2 is 1.72 bits per heavy atom. The van der Waals surface area contributed by atoms with E-state index in [0.717, 1.165) is 12.8 Å². The van der Waals surface area contributed by atoms with E-state index >= 15 is 0 Å². The quantitative estimate of drug-likeness (QED) is 0.294. The molecule has 0 aliphatic rings. The van der Waals surface area contributed by atoms with Crippen molar-refractivity contribution in [3.05, 3.63) is 11.6 Å². The number of hydrogen-bond donors (Lipinski definition) is 0. The van der Waals surface area contributed by atoms with Crippen LogP contribution in [0.5, 0.6) is 0 Å². The van der Waals surface area contributed by atoms with Crippen LogP contribution in [0.1, 0.15) is 78.6 Å². The molecule has 0 bridgehead atoms. The summed E-state index contributed by atoms with van der Waals surface area (Å²) in [6.45, 7) is 6.53. The van der Waals surface area contributed by atoms with Gasteiger partial charge in [-0.1, -0.05) is 38.3 Å². The molecule has 0 aromatic heterocycles. The van der Waals surface area contributed by atoms with E-state index in [9.17, 15) is 4.79 Å². The normalized spacial score (nSPS) is 11.6. The molecule has 0 saturated carbocycles. The van der Waals surface area contributed by atoms with Crippen molar-refractivity contribution in [1.82, 2.24) is 0 Å². The van der Waals surface area contributed by atoms with Crippen molar-refractivity contribution in [1.29, 1.82) is 0 Å². The Morgan fingerprint density at radius 3 is 2.33 bits per heavy atom. The highest BCUT2D eigenvalue weighted by Gasteiger charge is 1.98. The fourth-order valence-electron chi connectivity index (χ4n) is 1.93. The number of carbonyl (C=O) groups excluding carboxylic acids is 1. The van der Waals surface area contributed by atoms with E-state index in [4.69, 9.17) is 4.74 Å². The van der Waals surface area contributed by atoms with E-state index in [1.807, 2.05) is 0 Å². The predicted octanol–water partition coefficient (Wildman–Crippen LogP) is 5.03. The van der Waals surface area contributed by atoms with E-state index in [1.165, 1.54) is 51.9 Å². The van der Waals surface area contributed by atoms with Gasteiger partial charge >= 0.3 is 5.97 Å². The Bertz CT molecular complexity index is 231. The van der Waals surface area contributed by atoms with E-state index in [0.29, 0.717) is 6.61 Å². The maximum Gasteiger partial charge on any atom is 0.302 e. The second kappa shape index (κ2) is 12.7. The smallest absolute Gasteiger partial charge is 0.302 e. The maximum atomic E-state index is 10.6. The van der Waals surface area contributed by atoms with Crippen LogP contribution in [-0.4, -0.2) is 12.6 Å². The van der Waals surface area contributed by atoms with Gasteiger partial charge in [0.15, 0.2) is 0 Å². The van der Waals surface area contributed by atoms with Crippen LogP contribution in [-0.2, 0) is 9.53 Å². The van der Waals surface area contributed by atoms with Gasteiger partial charge in [-0.05, 0) is 44.9 Å². The van der Waals surface area contributed by atoms with Crippen molar-refractivity contribution in [3.8, 4) is 0 Å². The minimum atomic E-state index is -0.165. The number of esters is 1. The fourth-order valence-corrected chi connectivity index (χ4v) is 1.93. The van der Waals surface area contributed by atoms with Crippen LogP contribution in [0, 0.1) is 0 Å². The largest absolute Gasteiger partial charge is 0.466 e. The Kier molecular flexibility index (Phi) is 12.1. The Hall–Kier alpha value is -0.790. The molecule has 0 saturated heterocycles. The third-order valence-electron chi connectivity index (χ3n) is 3.02. The minimum absolute atomic E-state index is 0.165. The monoisotopic (exact) mass is 254 g/mol. The first-order valence-corrected chi connectivity index (χ1v) is 7.52. The second-order valence-electron chi connectivity index (χ2n) is 4.91. The summed E-state index contributed by atoms with van der Waals surface area (Å²) >= 11 is 0. The van der Waals surface area contributed by atoms with Gasteiger partial charge in [-0.15, -0.1) is 0 Å². The number of hydrogen-bond acceptors (Lipinski definition) is 2. The van der Waals surface area contributed by atoms with Crippen LogP contribution in [0.4, 0.5) is 0 Å². The van der Waals surface area contributed by atoms with Gasteiger partial charge in [-0.25, -0.2) is 0 Å². The summed E-state index contributed by atoms with van der Waals surface area (Å²) in [5, 5.41) is 0. The number of rotatable bonds is 11. The molecular weight excluding hydrogens is 224 g/mol. The van der Waals surface area contributed by atoms with Crippen LogP contribution in [0.15, 0.2) is 11.6 Å². The van der Waals surface area contributed by atoms with Gasteiger partial charge in [0.05, 0.1) is 6.61 Å². The molecule has 2 heteroatoms. The molecule has 2 nitrogen and oxygen atoms in total. The van der Waals surface area contributed by atoms with Crippen molar-refractivity contribution in [2.75, 3.05) is 6.61 Å². The first-order chi connectivity index (χ1) is 8.70. The predicted molar refractivity (Wildman–Crippen MR) is 77.6 cm³/mol.